The molecule has 0 aromatic rings. The minimum Gasteiger partial charge on any atom is -0.314 e. The predicted octanol–water partition coefficient (Wildman–Crippen LogP) is 5.30. The van der Waals surface area contributed by atoms with Gasteiger partial charge in [0.25, 0.3) is 0 Å². The molecule has 0 heterocycles. The molecule has 2 atom stereocenters. The summed E-state index contributed by atoms with van der Waals surface area (Å²) in [6, 6.07) is 0.846. The van der Waals surface area contributed by atoms with Gasteiger partial charge in [-0.15, -0.1) is 0 Å². The van der Waals surface area contributed by atoms with E-state index in [9.17, 15) is 0 Å². The van der Waals surface area contributed by atoms with Gasteiger partial charge in [-0.3, -0.25) is 0 Å². The van der Waals surface area contributed by atoms with E-state index in [1.165, 1.54) is 51.5 Å². The first kappa shape index (κ1) is 14.5. The van der Waals surface area contributed by atoms with Crippen molar-refractivity contribution in [2.75, 3.05) is 6.54 Å². The van der Waals surface area contributed by atoms with Gasteiger partial charge in [0.2, 0.25) is 0 Å². The van der Waals surface area contributed by atoms with Crippen LogP contribution < -0.4 is 5.32 Å². The molecule has 1 nitrogen and oxygen atoms in total. The van der Waals surface area contributed by atoms with E-state index in [0.29, 0.717) is 16.2 Å². The Morgan fingerprint density at radius 3 is 2.14 bits per heavy atom. The van der Waals surface area contributed by atoms with Crippen molar-refractivity contribution in [1.29, 1.82) is 0 Å². The highest BCUT2D eigenvalue weighted by Gasteiger charge is 2.59. The molecule has 4 bridgehead atoms. The summed E-state index contributed by atoms with van der Waals surface area (Å²) in [5.74, 6) is 1.06. The van der Waals surface area contributed by atoms with E-state index in [4.69, 9.17) is 0 Å². The average Bonchev–Trinajstić information content (AvgIpc) is 2.35. The van der Waals surface area contributed by atoms with Crippen molar-refractivity contribution in [1.82, 2.24) is 5.32 Å². The molecule has 0 spiro atoms. The summed E-state index contributed by atoms with van der Waals surface area (Å²) in [4.78, 5) is 0. The number of hydrogen-bond donors (Lipinski definition) is 1. The van der Waals surface area contributed by atoms with E-state index >= 15 is 0 Å². The Morgan fingerprint density at radius 2 is 1.52 bits per heavy atom. The van der Waals surface area contributed by atoms with Crippen LogP contribution in [0.1, 0.15) is 90.9 Å². The van der Waals surface area contributed by atoms with Crippen molar-refractivity contribution in [3.8, 4) is 0 Å². The average molecular weight is 290 g/mol. The summed E-state index contributed by atoms with van der Waals surface area (Å²) < 4.78 is 0. The lowest BCUT2D eigenvalue weighted by molar-refractivity contribution is -0.147. The van der Waals surface area contributed by atoms with E-state index in [0.717, 1.165) is 12.0 Å². The van der Waals surface area contributed by atoms with Gasteiger partial charge in [0.05, 0.1) is 0 Å². The van der Waals surface area contributed by atoms with Gasteiger partial charge in [0.15, 0.2) is 0 Å². The minimum atomic E-state index is 0.693. The molecule has 21 heavy (non-hydrogen) atoms. The standard InChI is InChI=1S/C20H35N/c1-18-10-16-11-19(2,13-18)15-20(12-16,14-18)8-9-21-17-6-4-3-5-7-17/h16-17,21H,3-15H2,1-2H3. The first-order valence-electron chi connectivity index (χ1n) is 9.72. The van der Waals surface area contributed by atoms with Gasteiger partial charge in [-0.2, -0.15) is 0 Å². The molecule has 0 radical (unpaired) electrons. The van der Waals surface area contributed by atoms with E-state index in [1.807, 2.05) is 0 Å². The monoisotopic (exact) mass is 289 g/mol. The van der Waals surface area contributed by atoms with Crippen molar-refractivity contribution >= 4 is 0 Å². The number of hydrogen-bond acceptors (Lipinski definition) is 1. The highest BCUT2D eigenvalue weighted by molar-refractivity contribution is 5.10. The molecule has 5 saturated carbocycles. The van der Waals surface area contributed by atoms with Crippen LogP contribution >= 0.6 is 0 Å². The fourth-order valence-corrected chi connectivity index (χ4v) is 7.81. The van der Waals surface area contributed by atoms with Gasteiger partial charge in [0, 0.05) is 6.04 Å². The molecule has 2 unspecified atom stereocenters. The lowest BCUT2D eigenvalue weighted by Crippen LogP contribution is -2.55. The molecule has 0 aromatic heterocycles. The maximum absolute atomic E-state index is 3.92. The second-order valence-corrected chi connectivity index (χ2v) is 10.2. The minimum absolute atomic E-state index is 0.693. The van der Waals surface area contributed by atoms with Crippen LogP contribution in [0.4, 0.5) is 0 Å². The summed E-state index contributed by atoms with van der Waals surface area (Å²) in [6.45, 7) is 6.52. The molecular formula is C20H35N. The third kappa shape index (κ3) is 2.80. The molecule has 0 aromatic carbocycles. The van der Waals surface area contributed by atoms with Crippen molar-refractivity contribution in [3.63, 3.8) is 0 Å². The van der Waals surface area contributed by atoms with Crippen LogP contribution in [0, 0.1) is 22.2 Å². The summed E-state index contributed by atoms with van der Waals surface area (Å²) in [6.07, 6.45) is 18.0. The van der Waals surface area contributed by atoms with Crippen LogP contribution in [0.15, 0.2) is 0 Å². The third-order valence-electron chi connectivity index (χ3n) is 7.44. The van der Waals surface area contributed by atoms with Gasteiger partial charge < -0.3 is 5.32 Å². The highest BCUT2D eigenvalue weighted by Crippen LogP contribution is 2.70. The third-order valence-corrected chi connectivity index (χ3v) is 7.44. The lowest BCUT2D eigenvalue weighted by Gasteiger charge is -2.65. The van der Waals surface area contributed by atoms with Crippen LogP contribution in [-0.4, -0.2) is 12.6 Å². The largest absolute Gasteiger partial charge is 0.314 e. The number of nitrogens with one attached hydrogen (secondary N) is 1. The van der Waals surface area contributed by atoms with Gasteiger partial charge in [0.1, 0.15) is 0 Å². The Morgan fingerprint density at radius 1 is 0.857 bits per heavy atom. The zero-order valence-electron chi connectivity index (χ0n) is 14.3. The van der Waals surface area contributed by atoms with Crippen LogP contribution in [0.3, 0.4) is 0 Å². The molecule has 5 rings (SSSR count). The van der Waals surface area contributed by atoms with Gasteiger partial charge in [-0.1, -0.05) is 33.1 Å². The van der Waals surface area contributed by atoms with E-state index in [-0.39, 0.29) is 0 Å². The van der Waals surface area contributed by atoms with Crippen LogP contribution in [0.2, 0.25) is 0 Å². The molecule has 120 valence electrons. The summed E-state index contributed by atoms with van der Waals surface area (Å²) in [7, 11) is 0. The van der Waals surface area contributed by atoms with Crippen molar-refractivity contribution in [2.45, 2.75) is 96.9 Å². The summed E-state index contributed by atoms with van der Waals surface area (Å²) >= 11 is 0. The predicted molar refractivity (Wildman–Crippen MR) is 89.3 cm³/mol. The van der Waals surface area contributed by atoms with Gasteiger partial charge >= 0.3 is 0 Å². The molecule has 0 saturated heterocycles. The Kier molecular flexibility index (Phi) is 3.45. The van der Waals surface area contributed by atoms with Crippen molar-refractivity contribution in [2.24, 2.45) is 22.2 Å². The first-order chi connectivity index (χ1) is 9.99. The topological polar surface area (TPSA) is 12.0 Å². The quantitative estimate of drug-likeness (QED) is 0.741. The molecular weight excluding hydrogens is 254 g/mol. The first-order valence-corrected chi connectivity index (χ1v) is 9.72. The molecule has 1 heteroatoms. The molecule has 5 aliphatic carbocycles. The van der Waals surface area contributed by atoms with E-state index < -0.39 is 0 Å². The lowest BCUT2D eigenvalue weighted by atomic mass is 9.40. The normalized spacial score (nSPS) is 49.7. The Hall–Kier alpha value is -0.0400. The fourth-order valence-electron chi connectivity index (χ4n) is 7.81. The van der Waals surface area contributed by atoms with Crippen LogP contribution in [-0.2, 0) is 0 Å². The van der Waals surface area contributed by atoms with Crippen molar-refractivity contribution in [3.05, 3.63) is 0 Å². The highest BCUT2D eigenvalue weighted by atomic mass is 14.9. The Labute approximate surface area is 131 Å². The van der Waals surface area contributed by atoms with Crippen LogP contribution in [0.5, 0.6) is 0 Å². The molecule has 0 aliphatic heterocycles. The number of rotatable bonds is 4. The molecule has 1 N–H and O–H groups in total. The zero-order valence-corrected chi connectivity index (χ0v) is 14.3. The second-order valence-electron chi connectivity index (χ2n) is 10.2. The smallest absolute Gasteiger partial charge is 0.00670 e. The van der Waals surface area contributed by atoms with Crippen molar-refractivity contribution < 1.29 is 0 Å². The van der Waals surface area contributed by atoms with E-state index in [1.54, 1.807) is 32.1 Å². The zero-order chi connectivity index (χ0) is 14.6. The molecule has 0 amide bonds. The Balaban J connectivity index is 1.38. The maximum Gasteiger partial charge on any atom is 0.00670 e. The van der Waals surface area contributed by atoms with Gasteiger partial charge in [-0.25, -0.2) is 0 Å². The van der Waals surface area contributed by atoms with E-state index in [2.05, 4.69) is 19.2 Å². The van der Waals surface area contributed by atoms with Crippen LogP contribution in [0.25, 0.3) is 0 Å². The summed E-state index contributed by atoms with van der Waals surface area (Å²) in [5, 5.41) is 3.92. The Bertz CT molecular complexity index is 377. The molecule has 5 fully saturated rings. The second kappa shape index (κ2) is 4.98. The fraction of sp³-hybridized carbons (Fsp3) is 1.00. The SMILES string of the molecule is CC12CC3CC(C)(C1)CC(CCNC1CCCCC1)(C3)C2. The maximum atomic E-state index is 3.92. The molecule has 5 aliphatic rings. The summed E-state index contributed by atoms with van der Waals surface area (Å²) in [5.41, 5.74) is 2.10. The van der Waals surface area contributed by atoms with Gasteiger partial charge in [-0.05, 0) is 86.5 Å².